The zero-order valence-corrected chi connectivity index (χ0v) is 18.7. The van der Waals surface area contributed by atoms with Crippen molar-refractivity contribution >= 4 is 21.7 Å². The minimum atomic E-state index is -0.281. The second-order valence-electron chi connectivity index (χ2n) is 8.37. The molecule has 35 heavy (non-hydrogen) atoms. The van der Waals surface area contributed by atoms with Crippen LogP contribution in [0.2, 0.25) is 0 Å². The fraction of sp³-hybridized carbons (Fsp3) is 0. The highest BCUT2D eigenvalue weighted by atomic mass is 19.1. The van der Waals surface area contributed by atoms with E-state index in [0.29, 0.717) is 0 Å². The van der Waals surface area contributed by atoms with E-state index in [-0.39, 0.29) is 11.6 Å². The van der Waals surface area contributed by atoms with Crippen LogP contribution in [0.3, 0.4) is 0 Å². The van der Waals surface area contributed by atoms with Crippen LogP contribution in [0.25, 0.3) is 38.6 Å². The number of rotatable bonds is 2. The van der Waals surface area contributed by atoms with E-state index in [0.717, 1.165) is 49.7 Å². The molecule has 0 N–H and O–H groups in total. The Balaban J connectivity index is 1.66. The SMILES string of the molecule is Fc1ccc(C#Cc2cc3c(cc(-c4ccc(F)cc4)n3-c3ccccc3)c3ccccc23)cc1. The van der Waals surface area contributed by atoms with Crippen LogP contribution in [0, 0.1) is 23.5 Å². The van der Waals surface area contributed by atoms with E-state index in [2.05, 4.69) is 52.8 Å². The van der Waals surface area contributed by atoms with Crippen molar-refractivity contribution in [2.45, 2.75) is 0 Å². The van der Waals surface area contributed by atoms with Crippen molar-refractivity contribution in [2.75, 3.05) is 0 Å². The lowest BCUT2D eigenvalue weighted by atomic mass is 10.0. The maximum absolute atomic E-state index is 13.7. The molecule has 0 aliphatic carbocycles. The topological polar surface area (TPSA) is 4.93 Å². The Hall–Kier alpha value is -4.68. The summed E-state index contributed by atoms with van der Waals surface area (Å²) < 4.78 is 29.2. The molecule has 0 bridgehead atoms. The second kappa shape index (κ2) is 8.59. The zero-order valence-electron chi connectivity index (χ0n) is 18.7. The lowest BCUT2D eigenvalue weighted by molar-refractivity contribution is 0.627. The first-order valence-corrected chi connectivity index (χ1v) is 11.3. The van der Waals surface area contributed by atoms with Crippen LogP contribution in [0.15, 0.2) is 115 Å². The molecule has 0 aliphatic heterocycles. The summed E-state index contributed by atoms with van der Waals surface area (Å²) in [6.45, 7) is 0. The summed E-state index contributed by atoms with van der Waals surface area (Å²) in [5.41, 5.74) is 5.56. The van der Waals surface area contributed by atoms with Gasteiger partial charge < -0.3 is 4.57 Å². The molecular formula is C32H19F2N. The van der Waals surface area contributed by atoms with Crippen molar-refractivity contribution in [3.05, 3.63) is 138 Å². The first-order chi connectivity index (χ1) is 17.2. The fourth-order valence-electron chi connectivity index (χ4n) is 4.52. The molecule has 0 saturated heterocycles. The Morgan fingerprint density at radius 3 is 1.89 bits per heavy atom. The van der Waals surface area contributed by atoms with Gasteiger partial charge in [0.15, 0.2) is 0 Å². The number of hydrogen-bond acceptors (Lipinski definition) is 0. The van der Waals surface area contributed by atoms with E-state index in [1.54, 1.807) is 24.3 Å². The first-order valence-electron chi connectivity index (χ1n) is 11.3. The van der Waals surface area contributed by atoms with Crippen molar-refractivity contribution in [2.24, 2.45) is 0 Å². The van der Waals surface area contributed by atoms with Gasteiger partial charge >= 0.3 is 0 Å². The van der Waals surface area contributed by atoms with Crippen molar-refractivity contribution < 1.29 is 8.78 Å². The lowest BCUT2D eigenvalue weighted by Crippen LogP contribution is -1.97. The molecule has 0 atom stereocenters. The molecule has 0 aliphatic rings. The van der Waals surface area contributed by atoms with Crippen molar-refractivity contribution in [1.29, 1.82) is 0 Å². The number of hydrogen-bond donors (Lipinski definition) is 0. The van der Waals surface area contributed by atoms with Gasteiger partial charge in [-0.3, -0.25) is 0 Å². The van der Waals surface area contributed by atoms with Crippen LogP contribution in [0.4, 0.5) is 8.78 Å². The molecule has 1 aromatic heterocycles. The Labute approximate surface area is 201 Å². The van der Waals surface area contributed by atoms with Gasteiger partial charge in [-0.05, 0) is 89.1 Å². The average Bonchev–Trinajstić information content (AvgIpc) is 3.29. The second-order valence-corrected chi connectivity index (χ2v) is 8.37. The third-order valence-corrected chi connectivity index (χ3v) is 6.17. The minimum absolute atomic E-state index is 0.264. The number of fused-ring (bicyclic) bond motifs is 3. The third-order valence-electron chi connectivity index (χ3n) is 6.17. The molecule has 6 aromatic rings. The van der Waals surface area contributed by atoms with Gasteiger partial charge in [0.25, 0.3) is 0 Å². The Bertz CT molecular complexity index is 1730. The highest BCUT2D eigenvalue weighted by molar-refractivity contribution is 6.11. The number of nitrogens with zero attached hydrogens (tertiary/aromatic N) is 1. The van der Waals surface area contributed by atoms with E-state index in [1.165, 1.54) is 24.3 Å². The molecule has 0 unspecified atom stereocenters. The lowest BCUT2D eigenvalue weighted by Gasteiger charge is -2.12. The Morgan fingerprint density at radius 2 is 1.17 bits per heavy atom. The van der Waals surface area contributed by atoms with Crippen molar-refractivity contribution in [3.8, 4) is 28.8 Å². The molecule has 0 amide bonds. The van der Waals surface area contributed by atoms with E-state index < -0.39 is 0 Å². The normalized spacial score (nSPS) is 10.9. The van der Waals surface area contributed by atoms with Crippen LogP contribution in [0.5, 0.6) is 0 Å². The third kappa shape index (κ3) is 3.86. The number of aromatic nitrogens is 1. The smallest absolute Gasteiger partial charge is 0.123 e. The van der Waals surface area contributed by atoms with Crippen LogP contribution in [0.1, 0.15) is 11.1 Å². The predicted molar refractivity (Wildman–Crippen MR) is 139 cm³/mol. The minimum Gasteiger partial charge on any atom is -0.309 e. The molecule has 0 spiro atoms. The van der Waals surface area contributed by atoms with Gasteiger partial charge in [-0.15, -0.1) is 0 Å². The maximum atomic E-state index is 13.7. The molecule has 0 radical (unpaired) electrons. The fourth-order valence-corrected chi connectivity index (χ4v) is 4.52. The zero-order chi connectivity index (χ0) is 23.8. The van der Waals surface area contributed by atoms with Crippen LogP contribution in [-0.2, 0) is 0 Å². The summed E-state index contributed by atoms with van der Waals surface area (Å²) in [4.78, 5) is 0. The standard InChI is InChI=1S/C32H19F2N/c33-25-16-11-22(12-17-25)10-13-24-20-32-30(29-9-5-4-8-28(24)29)21-31(23-14-18-26(34)19-15-23)35(32)27-6-2-1-3-7-27/h1-9,11-12,14-21H. The molecule has 1 heterocycles. The molecule has 1 nitrogen and oxygen atoms in total. The molecule has 166 valence electrons. The Morgan fingerprint density at radius 1 is 0.543 bits per heavy atom. The first kappa shape index (κ1) is 20.9. The number of benzene rings is 5. The van der Waals surface area contributed by atoms with E-state index >= 15 is 0 Å². The molecule has 3 heteroatoms. The maximum Gasteiger partial charge on any atom is 0.123 e. The van der Waals surface area contributed by atoms with Crippen LogP contribution < -0.4 is 0 Å². The van der Waals surface area contributed by atoms with Crippen LogP contribution >= 0.6 is 0 Å². The molecule has 6 rings (SSSR count). The molecule has 5 aromatic carbocycles. The molecule has 0 fully saturated rings. The Kier molecular flexibility index (Phi) is 5.13. The summed E-state index contributed by atoms with van der Waals surface area (Å²) in [6, 6.07) is 35.4. The summed E-state index contributed by atoms with van der Waals surface area (Å²) in [5, 5.41) is 3.23. The summed E-state index contributed by atoms with van der Waals surface area (Å²) in [5.74, 6) is 5.95. The highest BCUT2D eigenvalue weighted by Crippen LogP contribution is 2.37. The molecule has 0 saturated carbocycles. The van der Waals surface area contributed by atoms with Gasteiger partial charge in [-0.2, -0.15) is 0 Å². The van der Waals surface area contributed by atoms with E-state index in [1.807, 2.05) is 30.3 Å². The van der Waals surface area contributed by atoms with Crippen LogP contribution in [-0.4, -0.2) is 4.57 Å². The largest absolute Gasteiger partial charge is 0.309 e. The summed E-state index contributed by atoms with van der Waals surface area (Å²) in [6.07, 6.45) is 0. The van der Waals surface area contributed by atoms with Gasteiger partial charge in [0.2, 0.25) is 0 Å². The predicted octanol–water partition coefficient (Wildman–Crippen LogP) is 8.13. The molecular weight excluding hydrogens is 436 g/mol. The van der Waals surface area contributed by atoms with Gasteiger partial charge in [0, 0.05) is 22.2 Å². The average molecular weight is 456 g/mol. The van der Waals surface area contributed by atoms with Gasteiger partial charge in [-0.25, -0.2) is 8.78 Å². The van der Waals surface area contributed by atoms with Gasteiger partial charge in [-0.1, -0.05) is 54.3 Å². The monoisotopic (exact) mass is 455 g/mol. The number of para-hydroxylation sites is 1. The van der Waals surface area contributed by atoms with Gasteiger partial charge in [0.05, 0.1) is 11.2 Å². The summed E-state index contributed by atoms with van der Waals surface area (Å²) >= 11 is 0. The van der Waals surface area contributed by atoms with Crippen molar-refractivity contribution in [1.82, 2.24) is 4.57 Å². The highest BCUT2D eigenvalue weighted by Gasteiger charge is 2.16. The van der Waals surface area contributed by atoms with E-state index in [4.69, 9.17) is 0 Å². The quantitative estimate of drug-likeness (QED) is 0.232. The van der Waals surface area contributed by atoms with E-state index in [9.17, 15) is 8.78 Å². The van der Waals surface area contributed by atoms with Gasteiger partial charge in [0.1, 0.15) is 11.6 Å². The van der Waals surface area contributed by atoms with Crippen molar-refractivity contribution in [3.63, 3.8) is 0 Å². The summed E-state index contributed by atoms with van der Waals surface area (Å²) in [7, 11) is 0. The number of halogens is 2.